The van der Waals surface area contributed by atoms with Crippen molar-refractivity contribution in [2.45, 2.75) is 76.7 Å². The molecule has 0 aromatic carbocycles. The molecule has 0 amide bonds. The first-order valence-corrected chi connectivity index (χ1v) is 10.2. The fourth-order valence-corrected chi connectivity index (χ4v) is 7.49. The number of hydrogen-bond acceptors (Lipinski definition) is 3. The van der Waals surface area contributed by atoms with E-state index in [0.29, 0.717) is 17.6 Å². The van der Waals surface area contributed by atoms with Crippen LogP contribution in [-0.4, -0.2) is 17.4 Å². The summed E-state index contributed by atoms with van der Waals surface area (Å²) in [6.45, 7) is 2.30. The van der Waals surface area contributed by atoms with E-state index in [-0.39, 0.29) is 17.0 Å². The summed E-state index contributed by atoms with van der Waals surface area (Å²) in [7, 11) is 0. The molecule has 1 spiro atoms. The summed E-state index contributed by atoms with van der Waals surface area (Å²) >= 11 is 0. The maximum Gasteiger partial charge on any atom is 0.331 e. The molecule has 0 bridgehead atoms. The Labute approximate surface area is 149 Å². The minimum atomic E-state index is -0.328. The monoisotopic (exact) mass is 340 g/mol. The van der Waals surface area contributed by atoms with E-state index >= 15 is 0 Å². The molecule has 4 aliphatic carbocycles. The summed E-state index contributed by atoms with van der Waals surface area (Å²) in [6, 6.07) is 0. The highest BCUT2D eigenvalue weighted by atomic mass is 16.6. The Balaban J connectivity index is 1.50. The molecule has 2 fully saturated rings. The normalized spacial score (nSPS) is 45.4. The molecule has 0 aromatic rings. The van der Waals surface area contributed by atoms with Gasteiger partial charge in [0.1, 0.15) is 11.4 Å². The first kappa shape index (κ1) is 15.8. The summed E-state index contributed by atoms with van der Waals surface area (Å²) in [5, 5.41) is 0. The quantitative estimate of drug-likeness (QED) is 0.521. The minimum absolute atomic E-state index is 0.138. The maximum atomic E-state index is 11.9. The Morgan fingerprint density at radius 3 is 2.76 bits per heavy atom. The minimum Gasteiger partial charge on any atom is -0.451 e. The van der Waals surface area contributed by atoms with Crippen LogP contribution in [-0.2, 0) is 14.3 Å². The molecule has 0 N–H and O–H groups in total. The molecule has 5 atom stereocenters. The molecule has 25 heavy (non-hydrogen) atoms. The van der Waals surface area contributed by atoms with E-state index < -0.39 is 0 Å². The van der Waals surface area contributed by atoms with Crippen LogP contribution >= 0.6 is 0 Å². The lowest BCUT2D eigenvalue weighted by atomic mass is 9.51. The van der Waals surface area contributed by atoms with Crippen LogP contribution in [0.3, 0.4) is 0 Å². The van der Waals surface area contributed by atoms with Gasteiger partial charge in [-0.05, 0) is 75.2 Å². The number of allylic oxidation sites excluding steroid dienone is 2. The molecule has 3 nitrogen and oxygen atoms in total. The fraction of sp³-hybridized carbons (Fsp3) is 0.727. The van der Waals surface area contributed by atoms with E-state index in [2.05, 4.69) is 13.0 Å². The van der Waals surface area contributed by atoms with Crippen LogP contribution in [0.5, 0.6) is 0 Å². The van der Waals surface area contributed by atoms with Crippen LogP contribution in [0.25, 0.3) is 0 Å². The van der Waals surface area contributed by atoms with Gasteiger partial charge in [0.05, 0.1) is 0 Å². The van der Waals surface area contributed by atoms with E-state index in [4.69, 9.17) is 4.74 Å². The number of esters is 1. The van der Waals surface area contributed by atoms with E-state index in [9.17, 15) is 9.59 Å². The van der Waals surface area contributed by atoms with Gasteiger partial charge in [-0.3, -0.25) is 4.79 Å². The van der Waals surface area contributed by atoms with Gasteiger partial charge in [0.15, 0.2) is 0 Å². The first-order chi connectivity index (χ1) is 12.1. The zero-order valence-electron chi connectivity index (χ0n) is 15.2. The SMILES string of the molecule is CC[C@]12CC[C@@H]3C4=C(CC[C@H]3[C@@H]1CC[C@@]21C=CC(=O)O1)CC(=O)CC4. The average Bonchev–Trinajstić information content (AvgIpc) is 3.16. The van der Waals surface area contributed by atoms with Gasteiger partial charge >= 0.3 is 5.97 Å². The van der Waals surface area contributed by atoms with Gasteiger partial charge in [-0.1, -0.05) is 18.1 Å². The highest BCUT2D eigenvalue weighted by molar-refractivity contribution is 5.85. The van der Waals surface area contributed by atoms with Gasteiger partial charge in [0, 0.05) is 24.3 Å². The highest BCUT2D eigenvalue weighted by Crippen LogP contribution is 2.67. The van der Waals surface area contributed by atoms with Crippen molar-refractivity contribution in [2.75, 3.05) is 0 Å². The third-order valence-electron chi connectivity index (χ3n) is 8.48. The standard InChI is InChI=1S/C22H28O3/c1-2-21-10-7-17-16-6-4-15(23)13-14(16)3-5-18(17)19(21)8-11-22(21)12-9-20(24)25-22/h9,12,17-19H,2-8,10-11,13H2,1H3/t17-,18-,19+,21+,22-/m1/s1. The maximum absolute atomic E-state index is 11.9. The summed E-state index contributed by atoms with van der Waals surface area (Å²) in [6.07, 6.45) is 14.3. The van der Waals surface area contributed by atoms with E-state index in [1.807, 2.05) is 0 Å². The molecule has 0 aromatic heterocycles. The Bertz CT molecular complexity index is 702. The van der Waals surface area contributed by atoms with E-state index in [1.54, 1.807) is 11.6 Å². The van der Waals surface area contributed by atoms with Crippen LogP contribution in [0.4, 0.5) is 0 Å². The van der Waals surface area contributed by atoms with E-state index in [0.717, 1.165) is 50.9 Å². The Kier molecular flexibility index (Phi) is 3.37. The second-order valence-electron chi connectivity index (χ2n) is 8.99. The first-order valence-electron chi connectivity index (χ1n) is 10.2. The summed E-state index contributed by atoms with van der Waals surface area (Å²) in [5.74, 6) is 2.39. The molecule has 0 radical (unpaired) electrons. The Morgan fingerprint density at radius 2 is 2.00 bits per heavy atom. The lowest BCUT2D eigenvalue weighted by molar-refractivity contribution is -0.162. The van der Waals surface area contributed by atoms with Gasteiger partial charge in [-0.2, -0.15) is 0 Å². The summed E-state index contributed by atoms with van der Waals surface area (Å²) in [5.41, 5.74) is 2.95. The number of fused-ring (bicyclic) bond motifs is 5. The molecule has 2 saturated carbocycles. The molecule has 0 saturated heterocycles. The van der Waals surface area contributed by atoms with Gasteiger partial charge in [-0.15, -0.1) is 0 Å². The van der Waals surface area contributed by atoms with Crippen molar-refractivity contribution in [3.05, 3.63) is 23.3 Å². The Morgan fingerprint density at radius 1 is 1.12 bits per heavy atom. The molecule has 0 unspecified atom stereocenters. The highest BCUT2D eigenvalue weighted by Gasteiger charge is 2.65. The Hall–Kier alpha value is -1.38. The number of hydrogen-bond donors (Lipinski definition) is 0. The number of ketones is 1. The number of carbonyl (C=O) groups excluding carboxylic acids is 2. The number of ether oxygens (including phenoxy) is 1. The average molecular weight is 340 g/mol. The fourth-order valence-electron chi connectivity index (χ4n) is 7.49. The second-order valence-corrected chi connectivity index (χ2v) is 8.99. The second kappa shape index (κ2) is 5.31. The zero-order chi connectivity index (χ0) is 17.2. The zero-order valence-corrected chi connectivity index (χ0v) is 15.2. The summed E-state index contributed by atoms with van der Waals surface area (Å²) < 4.78 is 5.97. The lowest BCUT2D eigenvalue weighted by Gasteiger charge is -2.55. The summed E-state index contributed by atoms with van der Waals surface area (Å²) in [4.78, 5) is 23.8. The van der Waals surface area contributed by atoms with E-state index in [1.165, 1.54) is 24.8 Å². The molecule has 5 rings (SSSR count). The third kappa shape index (κ3) is 1.98. The van der Waals surface area contributed by atoms with Gasteiger partial charge in [0.25, 0.3) is 0 Å². The number of Topliss-reactive ketones (excluding diaryl/α,β-unsaturated/α-hetero) is 1. The molecule has 3 heteroatoms. The molecule has 5 aliphatic rings. The van der Waals surface area contributed by atoms with Crippen LogP contribution < -0.4 is 0 Å². The van der Waals surface area contributed by atoms with Crippen LogP contribution in [0.15, 0.2) is 23.3 Å². The van der Waals surface area contributed by atoms with Crippen molar-refractivity contribution in [3.63, 3.8) is 0 Å². The smallest absolute Gasteiger partial charge is 0.331 e. The number of rotatable bonds is 1. The van der Waals surface area contributed by atoms with Crippen molar-refractivity contribution in [1.29, 1.82) is 0 Å². The predicted octanol–water partition coefficient (Wildman–Crippen LogP) is 4.51. The molecular formula is C22H28O3. The molecule has 1 heterocycles. The molecule has 1 aliphatic heterocycles. The molecular weight excluding hydrogens is 312 g/mol. The largest absolute Gasteiger partial charge is 0.451 e. The van der Waals surface area contributed by atoms with Gasteiger partial charge in [-0.25, -0.2) is 4.79 Å². The predicted molar refractivity (Wildman–Crippen MR) is 94.7 cm³/mol. The van der Waals surface area contributed by atoms with Crippen molar-refractivity contribution in [1.82, 2.24) is 0 Å². The lowest BCUT2D eigenvalue weighted by Crippen LogP contribution is -2.52. The van der Waals surface area contributed by atoms with Crippen LogP contribution in [0.1, 0.15) is 71.1 Å². The van der Waals surface area contributed by atoms with Crippen LogP contribution in [0.2, 0.25) is 0 Å². The van der Waals surface area contributed by atoms with Crippen LogP contribution in [0, 0.1) is 23.2 Å². The molecule has 134 valence electrons. The van der Waals surface area contributed by atoms with Crippen molar-refractivity contribution in [3.8, 4) is 0 Å². The topological polar surface area (TPSA) is 43.4 Å². The number of carbonyl (C=O) groups is 2. The third-order valence-corrected chi connectivity index (χ3v) is 8.48. The van der Waals surface area contributed by atoms with Crippen molar-refractivity contribution >= 4 is 11.8 Å². The van der Waals surface area contributed by atoms with Crippen molar-refractivity contribution < 1.29 is 14.3 Å². The van der Waals surface area contributed by atoms with Crippen molar-refractivity contribution in [2.24, 2.45) is 23.2 Å². The van der Waals surface area contributed by atoms with Gasteiger partial charge in [0.2, 0.25) is 0 Å². The van der Waals surface area contributed by atoms with Gasteiger partial charge < -0.3 is 4.74 Å².